The van der Waals surface area contributed by atoms with Gasteiger partial charge in [0.25, 0.3) is 0 Å². The van der Waals surface area contributed by atoms with Crippen molar-refractivity contribution in [2.24, 2.45) is 0 Å². The fourth-order valence-electron chi connectivity index (χ4n) is 2.91. The van der Waals surface area contributed by atoms with Crippen molar-refractivity contribution >= 4 is 11.8 Å². The first-order valence-corrected chi connectivity index (χ1v) is 9.93. The average molecular weight is 399 g/mol. The molecule has 0 unspecified atom stereocenters. The second kappa shape index (κ2) is 11.7. The number of ether oxygens (including phenoxy) is 2. The van der Waals surface area contributed by atoms with Crippen molar-refractivity contribution in [2.75, 3.05) is 20.3 Å². The monoisotopic (exact) mass is 398 g/mol. The second-order valence-electron chi connectivity index (χ2n) is 6.71. The van der Waals surface area contributed by atoms with Crippen LogP contribution in [0.5, 0.6) is 11.5 Å². The summed E-state index contributed by atoms with van der Waals surface area (Å²) >= 11 is 0. The molecule has 2 aromatic carbocycles. The third-order valence-electron chi connectivity index (χ3n) is 4.58. The van der Waals surface area contributed by atoms with Gasteiger partial charge in [0.05, 0.1) is 13.7 Å². The number of nitrogens with zero attached hydrogens (tertiary/aromatic N) is 1. The van der Waals surface area contributed by atoms with Gasteiger partial charge in [0.2, 0.25) is 11.8 Å². The molecule has 0 saturated carbocycles. The molecule has 6 nitrogen and oxygen atoms in total. The van der Waals surface area contributed by atoms with Gasteiger partial charge in [-0.25, -0.2) is 0 Å². The summed E-state index contributed by atoms with van der Waals surface area (Å²) in [7, 11) is 1.62. The molecule has 29 heavy (non-hydrogen) atoms. The number of likely N-dealkylation sites (N-methyl/N-ethyl adjacent to an activating group) is 1. The minimum absolute atomic E-state index is 0.0639. The lowest BCUT2D eigenvalue weighted by Gasteiger charge is -2.28. The molecule has 6 heteroatoms. The van der Waals surface area contributed by atoms with E-state index in [0.29, 0.717) is 32.5 Å². The normalized spacial score (nSPS) is 11.4. The number of carbonyl (C=O) groups is 2. The van der Waals surface area contributed by atoms with Crippen LogP contribution < -0.4 is 14.8 Å². The van der Waals surface area contributed by atoms with Crippen molar-refractivity contribution in [3.63, 3.8) is 0 Å². The van der Waals surface area contributed by atoms with Gasteiger partial charge in [0.1, 0.15) is 17.5 Å². The molecular weight excluding hydrogens is 368 g/mol. The van der Waals surface area contributed by atoms with Crippen LogP contribution in [0.4, 0.5) is 0 Å². The molecule has 2 amide bonds. The first-order valence-electron chi connectivity index (χ1n) is 9.93. The number of hydrogen-bond acceptors (Lipinski definition) is 4. The molecule has 0 radical (unpaired) electrons. The molecule has 0 aliphatic rings. The number of carbonyl (C=O) groups excluding carboxylic acids is 2. The highest BCUT2D eigenvalue weighted by molar-refractivity contribution is 5.87. The van der Waals surface area contributed by atoms with Gasteiger partial charge in [-0.15, -0.1) is 0 Å². The van der Waals surface area contributed by atoms with Crippen LogP contribution in [-0.4, -0.2) is 43.0 Å². The van der Waals surface area contributed by atoms with Gasteiger partial charge in [-0.3, -0.25) is 9.59 Å². The molecule has 1 atom stereocenters. The Bertz CT molecular complexity index is 762. The van der Waals surface area contributed by atoms with Crippen molar-refractivity contribution in [1.82, 2.24) is 10.2 Å². The van der Waals surface area contributed by atoms with Crippen molar-refractivity contribution in [2.45, 2.75) is 39.3 Å². The lowest BCUT2D eigenvalue weighted by atomic mass is 10.1. The van der Waals surface area contributed by atoms with Crippen LogP contribution in [-0.2, 0) is 16.1 Å². The third-order valence-corrected chi connectivity index (χ3v) is 4.58. The second-order valence-corrected chi connectivity index (χ2v) is 6.71. The largest absolute Gasteiger partial charge is 0.497 e. The fraction of sp³-hybridized carbons (Fsp3) is 0.391. The number of nitrogens with one attached hydrogen (secondary N) is 1. The highest BCUT2D eigenvalue weighted by Crippen LogP contribution is 2.17. The van der Waals surface area contributed by atoms with E-state index in [9.17, 15) is 9.59 Å². The minimum atomic E-state index is -0.537. The van der Waals surface area contributed by atoms with Gasteiger partial charge < -0.3 is 19.7 Å². The maximum atomic E-state index is 12.9. The van der Waals surface area contributed by atoms with E-state index in [4.69, 9.17) is 9.47 Å². The zero-order valence-electron chi connectivity index (χ0n) is 17.4. The highest BCUT2D eigenvalue weighted by Gasteiger charge is 2.25. The highest BCUT2D eigenvalue weighted by atomic mass is 16.5. The summed E-state index contributed by atoms with van der Waals surface area (Å²) in [4.78, 5) is 26.8. The molecule has 0 spiro atoms. The van der Waals surface area contributed by atoms with Crippen LogP contribution in [0.2, 0.25) is 0 Å². The Balaban J connectivity index is 1.92. The van der Waals surface area contributed by atoms with Gasteiger partial charge in [0, 0.05) is 19.5 Å². The summed E-state index contributed by atoms with van der Waals surface area (Å²) in [6.45, 7) is 4.99. The number of methoxy groups -OCH3 is 1. The van der Waals surface area contributed by atoms with Gasteiger partial charge >= 0.3 is 0 Å². The number of hydrogen-bond donors (Lipinski definition) is 1. The number of benzene rings is 2. The average Bonchev–Trinajstić information content (AvgIpc) is 2.75. The van der Waals surface area contributed by atoms with Gasteiger partial charge in [-0.05, 0) is 50.1 Å². The first kappa shape index (κ1) is 22.3. The van der Waals surface area contributed by atoms with E-state index >= 15 is 0 Å². The maximum Gasteiger partial charge on any atom is 0.242 e. The SMILES string of the molecule is CCNC(=O)[C@H](C)N(Cc1ccccc1)C(=O)CCCOc1ccc(OC)cc1. The van der Waals surface area contributed by atoms with Crippen molar-refractivity contribution in [3.8, 4) is 11.5 Å². The lowest BCUT2D eigenvalue weighted by Crippen LogP contribution is -2.47. The maximum absolute atomic E-state index is 12.9. The third kappa shape index (κ3) is 7.14. The Kier molecular flexibility index (Phi) is 9.02. The zero-order chi connectivity index (χ0) is 21.1. The molecule has 2 aromatic rings. The molecular formula is C23H30N2O4. The lowest BCUT2D eigenvalue weighted by molar-refractivity contribution is -0.140. The quantitative estimate of drug-likeness (QED) is 0.589. The summed E-state index contributed by atoms with van der Waals surface area (Å²) in [5.74, 6) is 1.29. The van der Waals surface area contributed by atoms with Gasteiger partial charge in [-0.2, -0.15) is 0 Å². The molecule has 0 heterocycles. The van der Waals surface area contributed by atoms with Crippen LogP contribution in [0, 0.1) is 0 Å². The van der Waals surface area contributed by atoms with E-state index in [-0.39, 0.29) is 11.8 Å². The number of amides is 2. The van der Waals surface area contributed by atoms with Crippen LogP contribution in [0.3, 0.4) is 0 Å². The van der Waals surface area contributed by atoms with E-state index in [2.05, 4.69) is 5.32 Å². The summed E-state index contributed by atoms with van der Waals surface area (Å²) in [6.07, 6.45) is 0.880. The van der Waals surface area contributed by atoms with Crippen molar-refractivity contribution < 1.29 is 19.1 Å². The Morgan fingerprint density at radius 2 is 1.69 bits per heavy atom. The summed E-state index contributed by atoms with van der Waals surface area (Å²) < 4.78 is 10.8. The Morgan fingerprint density at radius 1 is 1.03 bits per heavy atom. The summed E-state index contributed by atoms with van der Waals surface area (Å²) in [5.41, 5.74) is 0.992. The molecule has 2 rings (SSSR count). The molecule has 0 saturated heterocycles. The molecule has 156 valence electrons. The van der Waals surface area contributed by atoms with E-state index in [0.717, 1.165) is 17.1 Å². The molecule has 0 aliphatic carbocycles. The Hall–Kier alpha value is -3.02. The van der Waals surface area contributed by atoms with E-state index < -0.39 is 6.04 Å². The molecule has 0 fully saturated rings. The fourth-order valence-corrected chi connectivity index (χ4v) is 2.91. The van der Waals surface area contributed by atoms with E-state index in [1.54, 1.807) is 18.9 Å². The standard InChI is InChI=1S/C23H30N2O4/c1-4-24-23(27)18(2)25(17-19-9-6-5-7-10-19)22(26)11-8-16-29-21-14-12-20(28-3)13-15-21/h5-7,9-10,12-15,18H,4,8,11,16-17H2,1-3H3,(H,24,27)/t18-/m0/s1. The zero-order valence-corrected chi connectivity index (χ0v) is 17.4. The summed E-state index contributed by atoms with van der Waals surface area (Å²) in [6, 6.07) is 16.5. The molecule has 1 N–H and O–H groups in total. The van der Waals surface area contributed by atoms with Crippen LogP contribution in [0.1, 0.15) is 32.3 Å². The molecule has 0 aromatic heterocycles. The predicted molar refractivity (Wildman–Crippen MR) is 113 cm³/mol. The van der Waals surface area contributed by atoms with Crippen LogP contribution in [0.25, 0.3) is 0 Å². The summed E-state index contributed by atoms with van der Waals surface area (Å²) in [5, 5.41) is 2.80. The van der Waals surface area contributed by atoms with Gasteiger partial charge in [-0.1, -0.05) is 30.3 Å². The van der Waals surface area contributed by atoms with Crippen LogP contribution in [0.15, 0.2) is 54.6 Å². The van der Waals surface area contributed by atoms with Crippen molar-refractivity contribution in [3.05, 3.63) is 60.2 Å². The predicted octanol–water partition coefficient (Wildman–Crippen LogP) is 3.41. The molecule has 0 aliphatic heterocycles. The van der Waals surface area contributed by atoms with Crippen LogP contribution >= 0.6 is 0 Å². The van der Waals surface area contributed by atoms with E-state index in [1.165, 1.54) is 0 Å². The van der Waals surface area contributed by atoms with Gasteiger partial charge in [0.15, 0.2) is 0 Å². The topological polar surface area (TPSA) is 67.9 Å². The number of rotatable bonds is 11. The van der Waals surface area contributed by atoms with E-state index in [1.807, 2.05) is 61.5 Å². The minimum Gasteiger partial charge on any atom is -0.497 e. The Labute approximate surface area is 172 Å². The molecule has 0 bridgehead atoms. The smallest absolute Gasteiger partial charge is 0.242 e. The first-order chi connectivity index (χ1) is 14.0. The van der Waals surface area contributed by atoms with Crippen molar-refractivity contribution in [1.29, 1.82) is 0 Å². The Morgan fingerprint density at radius 3 is 2.31 bits per heavy atom.